The van der Waals surface area contributed by atoms with Crippen LogP contribution in [0.2, 0.25) is 0 Å². The van der Waals surface area contributed by atoms with Gasteiger partial charge in [0.25, 0.3) is 0 Å². The Morgan fingerprint density at radius 3 is 2.57 bits per heavy atom. The van der Waals surface area contributed by atoms with Crippen molar-refractivity contribution in [2.45, 2.75) is 33.1 Å². The number of aliphatic carboxylic acids is 1. The van der Waals surface area contributed by atoms with Gasteiger partial charge in [-0.05, 0) is 18.3 Å². The van der Waals surface area contributed by atoms with E-state index in [1.807, 2.05) is 0 Å². The zero-order valence-corrected chi connectivity index (χ0v) is 8.67. The number of carboxylic acid groups (broad SMARTS) is 1. The fourth-order valence-corrected chi connectivity index (χ4v) is 2.10. The van der Waals surface area contributed by atoms with E-state index in [1.54, 1.807) is 0 Å². The summed E-state index contributed by atoms with van der Waals surface area (Å²) in [5.74, 6) is -1.13. The van der Waals surface area contributed by atoms with Gasteiger partial charge < -0.3 is 10.4 Å². The summed E-state index contributed by atoms with van der Waals surface area (Å²) in [5.41, 5.74) is 0.0165. The van der Waals surface area contributed by atoms with Gasteiger partial charge in [0.15, 0.2) is 0 Å². The van der Waals surface area contributed by atoms with Crippen molar-refractivity contribution in [3.8, 4) is 0 Å². The summed E-state index contributed by atoms with van der Waals surface area (Å²) >= 11 is 0. The molecule has 1 saturated carbocycles. The highest BCUT2D eigenvalue weighted by Gasteiger charge is 2.39. The van der Waals surface area contributed by atoms with E-state index in [9.17, 15) is 9.59 Å². The monoisotopic (exact) mass is 199 g/mol. The molecule has 0 radical (unpaired) electrons. The lowest BCUT2D eigenvalue weighted by molar-refractivity contribution is -0.139. The Labute approximate surface area is 83.7 Å². The third-order valence-corrected chi connectivity index (χ3v) is 2.99. The molecule has 0 aromatic heterocycles. The molecule has 2 N–H and O–H groups in total. The van der Waals surface area contributed by atoms with Gasteiger partial charge in [-0.1, -0.05) is 20.3 Å². The zero-order chi connectivity index (χ0) is 10.8. The lowest BCUT2D eigenvalue weighted by Gasteiger charge is -2.25. The number of hydrogen-bond acceptors (Lipinski definition) is 2. The Morgan fingerprint density at radius 2 is 2.14 bits per heavy atom. The van der Waals surface area contributed by atoms with Crippen LogP contribution in [0.3, 0.4) is 0 Å². The first kappa shape index (κ1) is 11.0. The molecule has 1 atom stereocenters. The van der Waals surface area contributed by atoms with Gasteiger partial charge in [-0.3, -0.25) is 9.59 Å². The zero-order valence-electron chi connectivity index (χ0n) is 8.67. The number of carbonyl (C=O) groups excluding carboxylic acids is 1. The largest absolute Gasteiger partial charge is 0.480 e. The Morgan fingerprint density at radius 1 is 1.50 bits per heavy atom. The number of hydrogen-bond donors (Lipinski definition) is 2. The first-order valence-corrected chi connectivity index (χ1v) is 4.93. The summed E-state index contributed by atoms with van der Waals surface area (Å²) in [7, 11) is 0. The molecule has 1 unspecified atom stereocenters. The van der Waals surface area contributed by atoms with Crippen molar-refractivity contribution in [2.24, 2.45) is 11.3 Å². The summed E-state index contributed by atoms with van der Waals surface area (Å²) < 4.78 is 0. The van der Waals surface area contributed by atoms with E-state index in [0.29, 0.717) is 0 Å². The van der Waals surface area contributed by atoms with E-state index < -0.39 is 5.97 Å². The smallest absolute Gasteiger partial charge is 0.322 e. The number of rotatable bonds is 3. The predicted molar refractivity (Wildman–Crippen MR) is 51.8 cm³/mol. The maximum absolute atomic E-state index is 11.6. The lowest BCUT2D eigenvalue weighted by Crippen LogP contribution is -2.38. The first-order chi connectivity index (χ1) is 6.43. The molecule has 0 spiro atoms. The average Bonchev–Trinajstić information content (AvgIpc) is 2.41. The third-order valence-electron chi connectivity index (χ3n) is 2.99. The predicted octanol–water partition coefficient (Wildman–Crippen LogP) is 1.01. The topological polar surface area (TPSA) is 66.4 Å². The molecular formula is C10H17NO3. The highest BCUT2D eigenvalue weighted by atomic mass is 16.4. The van der Waals surface area contributed by atoms with Crippen LogP contribution >= 0.6 is 0 Å². The maximum atomic E-state index is 11.6. The molecule has 0 aliphatic heterocycles. The van der Waals surface area contributed by atoms with Crippen LogP contribution in [0.4, 0.5) is 0 Å². The molecule has 14 heavy (non-hydrogen) atoms. The van der Waals surface area contributed by atoms with Crippen molar-refractivity contribution in [1.82, 2.24) is 5.32 Å². The van der Waals surface area contributed by atoms with Gasteiger partial charge in [0.2, 0.25) is 5.91 Å². The van der Waals surface area contributed by atoms with Crippen molar-refractivity contribution in [2.75, 3.05) is 6.54 Å². The standard InChI is InChI=1S/C10H17NO3/c1-10(2)5-3-4-7(10)9(14)11-6-8(12)13/h7H,3-6H2,1-2H3,(H,11,14)(H,12,13). The summed E-state index contributed by atoms with van der Waals surface area (Å²) in [6.45, 7) is 3.85. The summed E-state index contributed by atoms with van der Waals surface area (Å²) in [6, 6.07) is 0. The molecule has 0 bridgehead atoms. The van der Waals surface area contributed by atoms with Gasteiger partial charge in [0.05, 0.1) is 0 Å². The molecule has 80 valence electrons. The Bertz CT molecular complexity index is 248. The number of carbonyl (C=O) groups is 2. The minimum atomic E-state index is -0.992. The normalized spacial score (nSPS) is 24.6. The molecule has 1 amide bonds. The molecule has 4 nitrogen and oxygen atoms in total. The summed E-state index contributed by atoms with van der Waals surface area (Å²) in [5, 5.41) is 10.9. The fraction of sp³-hybridized carbons (Fsp3) is 0.800. The van der Waals surface area contributed by atoms with Crippen molar-refractivity contribution in [3.05, 3.63) is 0 Å². The third kappa shape index (κ3) is 2.47. The minimum Gasteiger partial charge on any atom is -0.480 e. The Balaban J connectivity index is 2.48. The quantitative estimate of drug-likeness (QED) is 0.713. The molecule has 0 aromatic carbocycles. The van der Waals surface area contributed by atoms with E-state index in [4.69, 9.17) is 5.11 Å². The van der Waals surface area contributed by atoms with Gasteiger partial charge >= 0.3 is 5.97 Å². The molecule has 0 aromatic rings. The van der Waals surface area contributed by atoms with E-state index >= 15 is 0 Å². The Kier molecular flexibility index (Phi) is 3.13. The molecule has 1 aliphatic rings. The van der Waals surface area contributed by atoms with Crippen LogP contribution in [-0.2, 0) is 9.59 Å². The summed E-state index contributed by atoms with van der Waals surface area (Å²) in [4.78, 5) is 21.9. The lowest BCUT2D eigenvalue weighted by atomic mass is 9.81. The number of amides is 1. The minimum absolute atomic E-state index is 0.0165. The molecule has 1 fully saturated rings. The molecule has 0 heterocycles. The molecule has 1 aliphatic carbocycles. The highest BCUT2D eigenvalue weighted by Crippen LogP contribution is 2.42. The van der Waals surface area contributed by atoms with Crippen LogP contribution in [0.25, 0.3) is 0 Å². The van der Waals surface area contributed by atoms with E-state index in [2.05, 4.69) is 19.2 Å². The second-order valence-corrected chi connectivity index (χ2v) is 4.54. The molecule has 1 rings (SSSR count). The van der Waals surface area contributed by atoms with Crippen LogP contribution in [0.15, 0.2) is 0 Å². The van der Waals surface area contributed by atoms with Crippen LogP contribution in [-0.4, -0.2) is 23.5 Å². The van der Waals surface area contributed by atoms with Crippen molar-refractivity contribution >= 4 is 11.9 Å². The molecular weight excluding hydrogens is 182 g/mol. The van der Waals surface area contributed by atoms with Gasteiger partial charge in [0.1, 0.15) is 6.54 Å². The van der Waals surface area contributed by atoms with Gasteiger partial charge in [-0.2, -0.15) is 0 Å². The van der Waals surface area contributed by atoms with Gasteiger partial charge in [-0.25, -0.2) is 0 Å². The van der Waals surface area contributed by atoms with E-state index in [1.165, 1.54) is 0 Å². The molecule has 0 saturated heterocycles. The average molecular weight is 199 g/mol. The van der Waals surface area contributed by atoms with Gasteiger partial charge in [0, 0.05) is 5.92 Å². The second-order valence-electron chi connectivity index (χ2n) is 4.54. The number of nitrogens with one attached hydrogen (secondary N) is 1. The van der Waals surface area contributed by atoms with Crippen molar-refractivity contribution < 1.29 is 14.7 Å². The van der Waals surface area contributed by atoms with Crippen molar-refractivity contribution in [1.29, 1.82) is 0 Å². The first-order valence-electron chi connectivity index (χ1n) is 4.93. The highest BCUT2D eigenvalue weighted by molar-refractivity contribution is 5.83. The van der Waals surface area contributed by atoms with Crippen LogP contribution in [0.1, 0.15) is 33.1 Å². The Hall–Kier alpha value is -1.06. The number of carboxylic acids is 1. The van der Waals surface area contributed by atoms with Crippen LogP contribution < -0.4 is 5.32 Å². The second kappa shape index (κ2) is 3.98. The van der Waals surface area contributed by atoms with Crippen molar-refractivity contribution in [3.63, 3.8) is 0 Å². The SMILES string of the molecule is CC1(C)CCCC1C(=O)NCC(=O)O. The van der Waals surface area contributed by atoms with E-state index in [0.717, 1.165) is 19.3 Å². The van der Waals surface area contributed by atoms with Crippen LogP contribution in [0.5, 0.6) is 0 Å². The summed E-state index contributed by atoms with van der Waals surface area (Å²) in [6.07, 6.45) is 2.97. The molecule has 4 heteroatoms. The van der Waals surface area contributed by atoms with Crippen LogP contribution in [0, 0.1) is 11.3 Å². The fourth-order valence-electron chi connectivity index (χ4n) is 2.10. The van der Waals surface area contributed by atoms with E-state index in [-0.39, 0.29) is 23.8 Å². The van der Waals surface area contributed by atoms with Gasteiger partial charge in [-0.15, -0.1) is 0 Å². The maximum Gasteiger partial charge on any atom is 0.322 e.